The van der Waals surface area contributed by atoms with Crippen LogP contribution in [-0.2, 0) is 6.54 Å². The molecule has 2 heterocycles. The Hall–Kier alpha value is -2.93. The van der Waals surface area contributed by atoms with E-state index in [2.05, 4.69) is 15.3 Å². The van der Waals surface area contributed by atoms with Crippen molar-refractivity contribution < 1.29 is 4.79 Å². The summed E-state index contributed by atoms with van der Waals surface area (Å²) in [4.78, 5) is 45.0. The number of rotatable bonds is 5. The fraction of sp³-hybridized carbons (Fsp3) is 0.333. The largest absolute Gasteiger partial charge is 0.330 e. The molecular formula is C21H23ClN4O3. The van der Waals surface area contributed by atoms with Crippen LogP contribution >= 0.6 is 11.6 Å². The molecule has 152 valence electrons. The fourth-order valence-corrected chi connectivity index (χ4v) is 3.26. The van der Waals surface area contributed by atoms with E-state index in [0.29, 0.717) is 22.9 Å². The van der Waals surface area contributed by atoms with E-state index in [1.165, 1.54) is 4.57 Å². The van der Waals surface area contributed by atoms with Crippen LogP contribution in [0.25, 0.3) is 11.0 Å². The molecular weight excluding hydrogens is 392 g/mol. The first-order valence-corrected chi connectivity index (χ1v) is 9.80. The monoisotopic (exact) mass is 414 g/mol. The number of pyridine rings is 1. The van der Waals surface area contributed by atoms with Crippen LogP contribution in [0.3, 0.4) is 0 Å². The van der Waals surface area contributed by atoms with Gasteiger partial charge in [0.2, 0.25) is 0 Å². The predicted molar refractivity (Wildman–Crippen MR) is 115 cm³/mol. The van der Waals surface area contributed by atoms with Crippen LogP contribution in [0.1, 0.15) is 49.7 Å². The van der Waals surface area contributed by atoms with Crippen molar-refractivity contribution in [1.82, 2.24) is 14.5 Å². The van der Waals surface area contributed by atoms with Crippen molar-refractivity contribution in [3.63, 3.8) is 0 Å². The Morgan fingerprint density at radius 1 is 1.21 bits per heavy atom. The number of amides is 1. The number of carbonyl (C=O) groups is 1. The Morgan fingerprint density at radius 2 is 1.93 bits per heavy atom. The second-order valence-electron chi connectivity index (χ2n) is 7.68. The summed E-state index contributed by atoms with van der Waals surface area (Å²) in [5.74, 6) is -0.323. The molecule has 3 rings (SSSR count). The van der Waals surface area contributed by atoms with Crippen molar-refractivity contribution >= 4 is 34.2 Å². The molecule has 0 bridgehead atoms. The maximum Gasteiger partial charge on any atom is 0.330 e. The number of aromatic nitrogens is 3. The third-order valence-corrected chi connectivity index (χ3v) is 4.67. The average Bonchev–Trinajstić information content (AvgIpc) is 2.63. The van der Waals surface area contributed by atoms with E-state index in [0.717, 1.165) is 0 Å². The molecule has 0 aliphatic carbocycles. The van der Waals surface area contributed by atoms with Crippen molar-refractivity contribution in [2.75, 3.05) is 5.32 Å². The highest BCUT2D eigenvalue weighted by molar-refractivity contribution is 6.31. The standard InChI is InChI=1S/C21H23ClN4O3/c1-11(2)10-26-18-17(20(28)25-21(26)29)15(9-16(24-18)12(3)4)19(27)23-14-7-5-6-13(22)8-14/h5-9,11-12H,10H2,1-4H3,(H,23,27)(H,25,28,29). The highest BCUT2D eigenvalue weighted by Crippen LogP contribution is 2.22. The molecule has 0 aliphatic rings. The molecule has 1 amide bonds. The third kappa shape index (κ3) is 4.40. The number of H-pyrrole nitrogens is 1. The lowest BCUT2D eigenvalue weighted by atomic mass is 10.0. The zero-order valence-electron chi connectivity index (χ0n) is 16.7. The molecule has 29 heavy (non-hydrogen) atoms. The predicted octanol–water partition coefficient (Wildman–Crippen LogP) is 3.77. The van der Waals surface area contributed by atoms with Gasteiger partial charge in [0.1, 0.15) is 0 Å². The molecule has 1 aromatic carbocycles. The molecule has 2 N–H and O–H groups in total. The molecule has 0 saturated heterocycles. The van der Waals surface area contributed by atoms with Gasteiger partial charge in [-0.1, -0.05) is 45.4 Å². The van der Waals surface area contributed by atoms with E-state index in [9.17, 15) is 14.4 Å². The molecule has 0 radical (unpaired) electrons. The van der Waals surface area contributed by atoms with Crippen LogP contribution in [0, 0.1) is 5.92 Å². The van der Waals surface area contributed by atoms with E-state index < -0.39 is 17.2 Å². The lowest BCUT2D eigenvalue weighted by Gasteiger charge is -2.16. The second-order valence-corrected chi connectivity index (χ2v) is 8.11. The van der Waals surface area contributed by atoms with Gasteiger partial charge in [0.15, 0.2) is 5.65 Å². The van der Waals surface area contributed by atoms with Crippen LogP contribution in [0.2, 0.25) is 5.02 Å². The lowest BCUT2D eigenvalue weighted by Crippen LogP contribution is -2.33. The van der Waals surface area contributed by atoms with E-state index in [4.69, 9.17) is 11.6 Å². The number of hydrogen-bond acceptors (Lipinski definition) is 4. The molecule has 2 aromatic heterocycles. The van der Waals surface area contributed by atoms with Gasteiger partial charge < -0.3 is 5.32 Å². The molecule has 7 nitrogen and oxygen atoms in total. The Labute approximate surface area is 172 Å². The highest BCUT2D eigenvalue weighted by Gasteiger charge is 2.21. The zero-order chi connectivity index (χ0) is 21.3. The van der Waals surface area contributed by atoms with Gasteiger partial charge in [-0.15, -0.1) is 0 Å². The molecule has 0 fully saturated rings. The summed E-state index contributed by atoms with van der Waals surface area (Å²) < 4.78 is 1.42. The van der Waals surface area contributed by atoms with E-state index in [-0.39, 0.29) is 28.4 Å². The normalized spacial score (nSPS) is 11.4. The molecule has 0 atom stereocenters. The maximum absolute atomic E-state index is 13.1. The molecule has 0 spiro atoms. The molecule has 0 unspecified atom stereocenters. The summed E-state index contributed by atoms with van der Waals surface area (Å²) in [7, 11) is 0. The minimum atomic E-state index is -0.635. The topological polar surface area (TPSA) is 96.9 Å². The van der Waals surface area contributed by atoms with Gasteiger partial charge in [-0.2, -0.15) is 0 Å². The van der Waals surface area contributed by atoms with Crippen LogP contribution in [-0.4, -0.2) is 20.4 Å². The minimum Gasteiger partial charge on any atom is -0.322 e. The van der Waals surface area contributed by atoms with E-state index in [1.54, 1.807) is 30.3 Å². The van der Waals surface area contributed by atoms with Crippen molar-refractivity contribution in [2.45, 2.75) is 40.2 Å². The van der Waals surface area contributed by atoms with Gasteiger partial charge >= 0.3 is 5.69 Å². The number of aromatic amines is 1. The maximum atomic E-state index is 13.1. The number of anilines is 1. The third-order valence-electron chi connectivity index (χ3n) is 4.43. The minimum absolute atomic E-state index is 0.000917. The van der Waals surface area contributed by atoms with Crippen molar-refractivity contribution in [3.8, 4) is 0 Å². The lowest BCUT2D eigenvalue weighted by molar-refractivity contribution is 0.102. The van der Waals surface area contributed by atoms with Crippen LogP contribution in [0.5, 0.6) is 0 Å². The average molecular weight is 415 g/mol. The van der Waals surface area contributed by atoms with Gasteiger partial charge in [-0.3, -0.25) is 19.1 Å². The van der Waals surface area contributed by atoms with Gasteiger partial charge in [0.25, 0.3) is 11.5 Å². The Kier molecular flexibility index (Phi) is 5.88. The summed E-state index contributed by atoms with van der Waals surface area (Å²) in [5.41, 5.74) is 0.337. The first kappa shape index (κ1) is 20.8. The summed E-state index contributed by atoms with van der Waals surface area (Å²) in [5, 5.41) is 3.34. The summed E-state index contributed by atoms with van der Waals surface area (Å²) in [6.45, 7) is 8.16. The molecule has 0 saturated carbocycles. The van der Waals surface area contributed by atoms with Crippen LogP contribution < -0.4 is 16.6 Å². The quantitative estimate of drug-likeness (QED) is 0.664. The Morgan fingerprint density at radius 3 is 2.55 bits per heavy atom. The summed E-state index contributed by atoms with van der Waals surface area (Å²) in [6, 6.07) is 8.34. The Balaban J connectivity index is 2.26. The number of nitrogens with zero attached hydrogens (tertiary/aromatic N) is 2. The van der Waals surface area contributed by atoms with Crippen molar-refractivity contribution in [2.24, 2.45) is 5.92 Å². The number of nitrogens with one attached hydrogen (secondary N) is 2. The zero-order valence-corrected chi connectivity index (χ0v) is 17.5. The van der Waals surface area contributed by atoms with E-state index in [1.807, 2.05) is 27.7 Å². The van der Waals surface area contributed by atoms with Crippen molar-refractivity contribution in [3.05, 3.63) is 67.4 Å². The van der Waals surface area contributed by atoms with Crippen LogP contribution in [0.4, 0.5) is 5.69 Å². The van der Waals surface area contributed by atoms with E-state index >= 15 is 0 Å². The summed E-state index contributed by atoms with van der Waals surface area (Å²) in [6.07, 6.45) is 0. The molecule has 0 aliphatic heterocycles. The van der Waals surface area contributed by atoms with Gasteiger partial charge in [-0.05, 0) is 36.1 Å². The number of halogens is 1. The number of fused-ring (bicyclic) bond motifs is 1. The first-order valence-electron chi connectivity index (χ1n) is 9.42. The van der Waals surface area contributed by atoms with Gasteiger partial charge in [-0.25, -0.2) is 9.78 Å². The first-order chi connectivity index (χ1) is 13.7. The number of hydrogen-bond donors (Lipinski definition) is 2. The van der Waals surface area contributed by atoms with Crippen LogP contribution in [0.15, 0.2) is 39.9 Å². The number of carbonyl (C=O) groups excluding carboxylic acids is 1. The van der Waals surface area contributed by atoms with Gasteiger partial charge in [0.05, 0.1) is 10.9 Å². The summed E-state index contributed by atoms with van der Waals surface area (Å²) >= 11 is 5.99. The number of benzene rings is 1. The smallest absolute Gasteiger partial charge is 0.322 e. The van der Waals surface area contributed by atoms with Crippen molar-refractivity contribution in [1.29, 1.82) is 0 Å². The molecule has 8 heteroatoms. The Bertz CT molecular complexity index is 1190. The fourth-order valence-electron chi connectivity index (χ4n) is 3.07. The highest BCUT2D eigenvalue weighted by atomic mass is 35.5. The van der Waals surface area contributed by atoms with Gasteiger partial charge in [0, 0.05) is 22.9 Å². The second kappa shape index (κ2) is 8.21. The SMILES string of the molecule is CC(C)Cn1c(=O)[nH]c(=O)c2c(C(=O)Nc3cccc(Cl)c3)cc(C(C)C)nc21. The molecule has 3 aromatic rings.